The molecule has 61 heavy (non-hydrogen) atoms. The molecule has 0 radical (unpaired) electrons. The summed E-state index contributed by atoms with van der Waals surface area (Å²) in [6, 6.07) is -1.36. The lowest BCUT2D eigenvalue weighted by molar-refractivity contribution is -0.142. The van der Waals surface area contributed by atoms with Gasteiger partial charge in [0.15, 0.2) is 0 Å². The number of hydrogen-bond donors (Lipinski definition) is 10. The van der Waals surface area contributed by atoms with Gasteiger partial charge < -0.3 is 52.2 Å². The molecule has 2 rings (SSSR count). The van der Waals surface area contributed by atoms with E-state index in [1.165, 1.54) is 58.3 Å². The van der Waals surface area contributed by atoms with Gasteiger partial charge in [-0.05, 0) is 69.6 Å². The van der Waals surface area contributed by atoms with E-state index >= 15 is 0 Å². The molecule has 22 heteroatoms. The van der Waals surface area contributed by atoms with Gasteiger partial charge in [-0.25, -0.2) is 0 Å². The van der Waals surface area contributed by atoms with Gasteiger partial charge in [-0.2, -0.15) is 0 Å². The number of carboxylic acid groups (broad SMARTS) is 1. The van der Waals surface area contributed by atoms with E-state index < -0.39 is 95.3 Å². The van der Waals surface area contributed by atoms with Crippen molar-refractivity contribution in [3.63, 3.8) is 0 Å². The van der Waals surface area contributed by atoms with E-state index in [0.29, 0.717) is 5.56 Å². The first kappa shape index (κ1) is 50.7. The molecule has 0 unspecified atom stereocenters. The number of nitrogens with zero attached hydrogens (tertiary/aromatic N) is 1. The van der Waals surface area contributed by atoms with Crippen LogP contribution < -0.4 is 37.2 Å². The summed E-state index contributed by atoms with van der Waals surface area (Å²) in [5.41, 5.74) is 0.625. The Bertz CT molecular complexity index is 1890. The predicted molar refractivity (Wildman–Crippen MR) is 221 cm³/mol. The normalized spacial score (nSPS) is 15.3. The maximum atomic E-state index is 13.2. The highest BCUT2D eigenvalue weighted by atomic mass is 32.1. The fraction of sp³-hybridized carbons (Fsp3) is 0.487. The fourth-order valence-electron chi connectivity index (χ4n) is 5.69. The minimum absolute atomic E-state index is 0.0308. The highest BCUT2D eigenvalue weighted by molar-refractivity contribution is 7.83. The van der Waals surface area contributed by atoms with Crippen LogP contribution in [0.25, 0.3) is 0 Å². The van der Waals surface area contributed by atoms with Gasteiger partial charge in [0.1, 0.15) is 35.6 Å². The third-order valence-corrected chi connectivity index (χ3v) is 9.56. The number of carbonyl (C=O) groups is 10. The third-order valence-electron chi connectivity index (χ3n) is 9.30. The van der Waals surface area contributed by atoms with Crippen LogP contribution in [0.1, 0.15) is 65.4 Å². The predicted octanol–water partition coefficient (Wildman–Crippen LogP) is -0.883. The zero-order valence-corrected chi connectivity index (χ0v) is 35.6. The number of aliphatic carboxylic acids is 1. The van der Waals surface area contributed by atoms with Crippen molar-refractivity contribution in [2.75, 3.05) is 26.0 Å². The Morgan fingerprint density at radius 2 is 1.39 bits per heavy atom. The summed E-state index contributed by atoms with van der Waals surface area (Å²) >= 11 is 4.00. The first-order valence-electron chi connectivity index (χ1n) is 19.2. The van der Waals surface area contributed by atoms with Crippen molar-refractivity contribution in [1.82, 2.24) is 36.8 Å². The summed E-state index contributed by atoms with van der Waals surface area (Å²) in [4.78, 5) is 125. The highest BCUT2D eigenvalue weighted by Gasteiger charge is 2.29. The molecule has 0 fully saturated rings. The molecule has 0 aromatic heterocycles. The molecule has 1 aliphatic rings. The Morgan fingerprint density at radius 3 is 1.93 bits per heavy atom. The van der Waals surface area contributed by atoms with Crippen molar-refractivity contribution in [2.24, 2.45) is 5.92 Å². The van der Waals surface area contributed by atoms with Crippen molar-refractivity contribution in [1.29, 1.82) is 0 Å². The molecule has 0 aliphatic carbocycles. The Balaban J connectivity index is 2.00. The van der Waals surface area contributed by atoms with E-state index in [4.69, 9.17) is 0 Å². The summed E-state index contributed by atoms with van der Waals surface area (Å²) < 4.78 is 4.62. The lowest BCUT2D eigenvalue weighted by Gasteiger charge is -2.23. The lowest BCUT2D eigenvalue weighted by atomic mass is 9.95. The van der Waals surface area contributed by atoms with Crippen LogP contribution in [0.3, 0.4) is 0 Å². The maximum Gasteiger partial charge on any atom is 0.306 e. The highest BCUT2D eigenvalue weighted by Crippen LogP contribution is 2.26. The van der Waals surface area contributed by atoms with Crippen LogP contribution >= 0.6 is 12.6 Å². The van der Waals surface area contributed by atoms with Crippen molar-refractivity contribution in [3.8, 4) is 5.75 Å². The SMILES string of the molecule is CN/C(=C\S)C(=O)N[C@@H](Cc1ccc(O)c(NC(=O)[C@H](C)NC(=O)[C@H](C)NC(=O)[C@H](C)NC(=O)[C@H](CCC(=O)OC)NC(=O)CCCN2C(=O)C=CC2=O)c1)C[C@H](C)C(=O)O. The summed E-state index contributed by atoms with van der Waals surface area (Å²) in [5, 5.41) is 39.0. The van der Waals surface area contributed by atoms with Crippen LogP contribution in [0, 0.1) is 5.92 Å². The van der Waals surface area contributed by atoms with E-state index in [9.17, 15) is 58.2 Å². The van der Waals surface area contributed by atoms with Crippen LogP contribution in [0.4, 0.5) is 5.69 Å². The minimum Gasteiger partial charge on any atom is -0.506 e. The van der Waals surface area contributed by atoms with Crippen LogP contribution in [0.5, 0.6) is 5.75 Å². The summed E-state index contributed by atoms with van der Waals surface area (Å²) in [6.07, 6.45) is 1.87. The van der Waals surface area contributed by atoms with Gasteiger partial charge in [0.2, 0.25) is 29.5 Å². The monoisotopic (exact) mass is 874 g/mol. The smallest absolute Gasteiger partial charge is 0.306 e. The average Bonchev–Trinajstić information content (AvgIpc) is 3.52. The van der Waals surface area contributed by atoms with Crippen LogP contribution in [-0.4, -0.2) is 125 Å². The number of carboxylic acids is 1. The second-order valence-electron chi connectivity index (χ2n) is 14.2. The summed E-state index contributed by atoms with van der Waals surface area (Å²) in [7, 11) is 2.67. The second-order valence-corrected chi connectivity index (χ2v) is 14.4. The number of carbonyl (C=O) groups excluding carboxylic acids is 9. The maximum absolute atomic E-state index is 13.2. The number of ether oxygens (including phenoxy) is 1. The van der Waals surface area contributed by atoms with Crippen molar-refractivity contribution < 1.29 is 62.9 Å². The molecule has 334 valence electrons. The zero-order chi connectivity index (χ0) is 46.0. The number of anilines is 1. The van der Waals surface area contributed by atoms with E-state index in [-0.39, 0.29) is 62.2 Å². The molecule has 1 heterocycles. The molecule has 21 nitrogen and oxygen atoms in total. The zero-order valence-electron chi connectivity index (χ0n) is 34.7. The molecular weight excluding hydrogens is 821 g/mol. The van der Waals surface area contributed by atoms with Crippen molar-refractivity contribution in [2.45, 2.75) is 96.4 Å². The van der Waals surface area contributed by atoms with Gasteiger partial charge in [-0.15, -0.1) is 12.6 Å². The van der Waals surface area contributed by atoms with Crippen molar-refractivity contribution >= 4 is 77.5 Å². The standard InChI is InChI=1S/C39H54N8O13S/c1-20(39(58)59)16-25(44-38(57)28(19-61)40-5)17-24-9-11-29(48)27(18-24)46-36(55)23(4)42-34(53)21(2)41-35(54)22(3)43-37(56)26(10-14-33(52)60-6)45-30(49)8-7-15-47-31(50)12-13-32(47)51/h9,11-13,18-23,25-26,40,48,61H,7-8,10,14-17H2,1-6H3,(H,41,54)(H,42,53)(H,43,56)(H,44,57)(H,45,49)(H,46,55)(H,58,59)/b28-19-/t20-,21-,22-,23-,25+,26-/m0/s1. The van der Waals surface area contributed by atoms with E-state index in [1.54, 1.807) is 0 Å². The molecule has 0 bridgehead atoms. The van der Waals surface area contributed by atoms with E-state index in [2.05, 4.69) is 54.6 Å². The van der Waals surface area contributed by atoms with Gasteiger partial charge in [-0.1, -0.05) is 13.0 Å². The summed E-state index contributed by atoms with van der Waals surface area (Å²) in [5.74, 6) is -8.20. The van der Waals surface area contributed by atoms with Gasteiger partial charge in [0.25, 0.3) is 17.7 Å². The number of nitrogens with one attached hydrogen (secondary N) is 7. The molecule has 0 saturated carbocycles. The number of amides is 8. The molecule has 0 spiro atoms. The Kier molecular flexibility index (Phi) is 20.4. The quantitative estimate of drug-likeness (QED) is 0.0198. The Morgan fingerprint density at radius 1 is 0.820 bits per heavy atom. The molecule has 0 saturated heterocycles. The van der Waals surface area contributed by atoms with Crippen LogP contribution in [0.15, 0.2) is 41.5 Å². The van der Waals surface area contributed by atoms with Crippen LogP contribution in [-0.2, 0) is 59.1 Å². The van der Waals surface area contributed by atoms with Crippen LogP contribution in [0.2, 0.25) is 0 Å². The first-order valence-corrected chi connectivity index (χ1v) is 19.7. The fourth-order valence-corrected chi connectivity index (χ4v) is 5.94. The third kappa shape index (κ3) is 16.6. The number of imide groups is 1. The Labute approximate surface area is 357 Å². The average molecular weight is 875 g/mol. The Hall–Kier alpha value is -6.45. The van der Waals surface area contributed by atoms with E-state index in [0.717, 1.165) is 24.2 Å². The number of methoxy groups -OCH3 is 1. The number of rotatable bonds is 24. The first-order chi connectivity index (χ1) is 28.7. The minimum atomic E-state index is -1.28. The largest absolute Gasteiger partial charge is 0.506 e. The number of aromatic hydroxyl groups is 1. The van der Waals surface area contributed by atoms with Gasteiger partial charge in [0.05, 0.1) is 18.7 Å². The number of benzene rings is 1. The lowest BCUT2D eigenvalue weighted by Crippen LogP contribution is -2.56. The topological polar surface area (TPSA) is 308 Å². The number of esters is 1. The number of likely N-dealkylation sites (N-methyl/N-ethyl adjacent to an activating group) is 1. The molecular formula is C39H54N8O13S. The molecule has 6 atom stereocenters. The van der Waals surface area contributed by atoms with Gasteiger partial charge in [-0.3, -0.25) is 52.8 Å². The number of phenolic OH excluding ortho intramolecular Hbond substituents is 1. The van der Waals surface area contributed by atoms with Gasteiger partial charge in [0, 0.05) is 44.6 Å². The number of thiol groups is 1. The molecule has 8 amide bonds. The molecule has 1 aromatic rings. The van der Waals surface area contributed by atoms with Gasteiger partial charge >= 0.3 is 11.9 Å². The number of phenols is 1. The van der Waals surface area contributed by atoms with Crippen molar-refractivity contribution in [3.05, 3.63) is 47.0 Å². The number of hydrogen-bond acceptors (Lipinski definition) is 14. The molecule has 1 aromatic carbocycles. The molecule has 1 aliphatic heterocycles. The van der Waals surface area contributed by atoms with E-state index in [1.807, 2.05) is 0 Å². The second kappa shape index (κ2) is 24.6. The summed E-state index contributed by atoms with van der Waals surface area (Å²) in [6.45, 7) is 5.45. The molecule has 9 N–H and O–H groups in total.